The molecule has 0 aromatic heterocycles. The number of fused-ring (bicyclic) bond motifs is 1. The molecule has 102 valence electrons. The molecule has 0 amide bonds. The van der Waals surface area contributed by atoms with Gasteiger partial charge in [0.15, 0.2) is 5.78 Å². The Kier molecular flexibility index (Phi) is 3.69. The summed E-state index contributed by atoms with van der Waals surface area (Å²) in [5.41, 5.74) is 1.83. The Hall–Kier alpha value is -1.14. The van der Waals surface area contributed by atoms with Gasteiger partial charge in [0, 0.05) is 20.6 Å². The van der Waals surface area contributed by atoms with E-state index in [1.54, 1.807) is 6.07 Å². The Labute approximate surface area is 134 Å². The topological polar surface area (TPSA) is 26.3 Å². The highest BCUT2D eigenvalue weighted by Gasteiger charge is 2.24. The van der Waals surface area contributed by atoms with Crippen molar-refractivity contribution in [1.82, 2.24) is 0 Å². The average molecular weight is 403 g/mol. The fourth-order valence-electron chi connectivity index (χ4n) is 2.26. The lowest BCUT2D eigenvalue weighted by Gasteiger charge is -2.09. The van der Waals surface area contributed by atoms with Crippen molar-refractivity contribution in [3.63, 3.8) is 0 Å². The monoisotopic (exact) mass is 402 g/mol. The molecule has 0 radical (unpaired) electrons. The van der Waals surface area contributed by atoms with Crippen LogP contribution in [0.2, 0.25) is 5.02 Å². The molecular formula is C15H9ClFIO2. The van der Waals surface area contributed by atoms with Crippen LogP contribution in [-0.4, -0.2) is 12.4 Å². The maximum Gasteiger partial charge on any atom is 0.197 e. The van der Waals surface area contributed by atoms with E-state index in [9.17, 15) is 9.18 Å². The number of rotatable bonds is 2. The molecule has 0 saturated carbocycles. The summed E-state index contributed by atoms with van der Waals surface area (Å²) in [6, 6.07) is 7.52. The predicted molar refractivity (Wildman–Crippen MR) is 83.2 cm³/mol. The van der Waals surface area contributed by atoms with Gasteiger partial charge in [0.1, 0.15) is 11.6 Å². The molecule has 0 N–H and O–H groups in total. The van der Waals surface area contributed by atoms with Crippen LogP contribution in [0.25, 0.3) is 0 Å². The largest absolute Gasteiger partial charge is 0.492 e. The Morgan fingerprint density at radius 3 is 2.80 bits per heavy atom. The zero-order valence-corrected chi connectivity index (χ0v) is 13.2. The minimum absolute atomic E-state index is 0.199. The molecule has 0 fully saturated rings. The SMILES string of the molecule is O=C(c1ccc(F)cc1I)c1cc(Cl)cc2c1OCC2. The quantitative estimate of drug-likeness (QED) is 0.554. The number of carbonyl (C=O) groups is 1. The molecule has 1 aliphatic heterocycles. The van der Waals surface area contributed by atoms with Gasteiger partial charge in [-0.25, -0.2) is 4.39 Å². The molecule has 0 spiro atoms. The van der Waals surface area contributed by atoms with Gasteiger partial charge in [-0.1, -0.05) is 11.6 Å². The van der Waals surface area contributed by atoms with Gasteiger partial charge in [-0.15, -0.1) is 0 Å². The summed E-state index contributed by atoms with van der Waals surface area (Å²) in [5, 5.41) is 0.509. The fourth-order valence-corrected chi connectivity index (χ4v) is 3.22. The van der Waals surface area contributed by atoms with Crippen LogP contribution >= 0.6 is 34.2 Å². The summed E-state index contributed by atoms with van der Waals surface area (Å²) in [6.07, 6.45) is 0.747. The molecule has 2 aromatic rings. The minimum Gasteiger partial charge on any atom is -0.492 e. The Balaban J connectivity index is 2.11. The zero-order valence-electron chi connectivity index (χ0n) is 10.3. The third kappa shape index (κ3) is 2.42. The number of ether oxygens (including phenoxy) is 1. The minimum atomic E-state index is -0.362. The van der Waals surface area contributed by atoms with Crippen LogP contribution < -0.4 is 4.74 Å². The zero-order chi connectivity index (χ0) is 14.3. The van der Waals surface area contributed by atoms with Crippen LogP contribution in [0, 0.1) is 9.39 Å². The average Bonchev–Trinajstić information content (AvgIpc) is 2.85. The number of carbonyl (C=O) groups excluding carboxylic acids is 1. The number of ketones is 1. The molecule has 0 aliphatic carbocycles. The van der Waals surface area contributed by atoms with Crippen LogP contribution in [0.1, 0.15) is 21.5 Å². The maximum atomic E-state index is 13.1. The van der Waals surface area contributed by atoms with E-state index < -0.39 is 0 Å². The summed E-state index contributed by atoms with van der Waals surface area (Å²) in [6.45, 7) is 0.552. The highest BCUT2D eigenvalue weighted by Crippen LogP contribution is 2.34. The summed E-state index contributed by atoms with van der Waals surface area (Å²) in [7, 11) is 0. The lowest BCUT2D eigenvalue weighted by atomic mass is 10.00. The summed E-state index contributed by atoms with van der Waals surface area (Å²) >= 11 is 8.01. The van der Waals surface area contributed by atoms with Crippen molar-refractivity contribution in [1.29, 1.82) is 0 Å². The second-order valence-corrected chi connectivity index (χ2v) is 6.09. The van der Waals surface area contributed by atoms with Crippen molar-refractivity contribution < 1.29 is 13.9 Å². The van der Waals surface area contributed by atoms with Crippen LogP contribution in [-0.2, 0) is 6.42 Å². The van der Waals surface area contributed by atoms with Crippen molar-refractivity contribution in [2.75, 3.05) is 6.61 Å². The van der Waals surface area contributed by atoms with Crippen molar-refractivity contribution >= 4 is 40.0 Å². The Bertz CT molecular complexity index is 715. The first-order valence-corrected chi connectivity index (χ1v) is 7.47. The molecule has 2 aromatic carbocycles. The lowest BCUT2D eigenvalue weighted by Crippen LogP contribution is -2.06. The van der Waals surface area contributed by atoms with Gasteiger partial charge in [0.05, 0.1) is 12.2 Å². The van der Waals surface area contributed by atoms with E-state index in [0.29, 0.717) is 32.1 Å². The van der Waals surface area contributed by atoms with Gasteiger partial charge < -0.3 is 4.74 Å². The van der Waals surface area contributed by atoms with E-state index in [0.717, 1.165) is 12.0 Å². The molecule has 1 heterocycles. The number of hydrogen-bond donors (Lipinski definition) is 0. The van der Waals surface area contributed by atoms with Gasteiger partial charge in [-0.05, 0) is 58.5 Å². The van der Waals surface area contributed by atoms with Crippen LogP contribution in [0.5, 0.6) is 5.75 Å². The summed E-state index contributed by atoms with van der Waals surface area (Å²) < 4.78 is 19.2. The van der Waals surface area contributed by atoms with Gasteiger partial charge in [-0.3, -0.25) is 4.79 Å². The molecule has 20 heavy (non-hydrogen) atoms. The molecule has 1 aliphatic rings. The molecule has 0 unspecified atom stereocenters. The van der Waals surface area contributed by atoms with Crippen LogP contribution in [0.15, 0.2) is 30.3 Å². The summed E-state index contributed by atoms with van der Waals surface area (Å²) in [5.74, 6) is 0.0353. The van der Waals surface area contributed by atoms with Crippen LogP contribution in [0.4, 0.5) is 4.39 Å². The van der Waals surface area contributed by atoms with E-state index in [1.165, 1.54) is 18.2 Å². The molecule has 5 heteroatoms. The van der Waals surface area contributed by atoms with Gasteiger partial charge in [-0.2, -0.15) is 0 Å². The van der Waals surface area contributed by atoms with E-state index in [-0.39, 0.29) is 11.6 Å². The summed E-state index contributed by atoms with van der Waals surface area (Å²) in [4.78, 5) is 12.6. The van der Waals surface area contributed by atoms with E-state index in [4.69, 9.17) is 16.3 Å². The van der Waals surface area contributed by atoms with Crippen molar-refractivity contribution in [2.24, 2.45) is 0 Å². The highest BCUT2D eigenvalue weighted by atomic mass is 127. The third-order valence-electron chi connectivity index (χ3n) is 3.17. The van der Waals surface area contributed by atoms with Gasteiger partial charge in [0.25, 0.3) is 0 Å². The molecular weight excluding hydrogens is 394 g/mol. The normalized spacial score (nSPS) is 12.9. The standard InChI is InChI=1S/C15H9ClFIO2/c16-9-5-8-3-4-20-15(8)12(6-9)14(19)11-2-1-10(17)7-13(11)18/h1-2,5-7H,3-4H2. The predicted octanol–water partition coefficient (Wildman–Crippen LogP) is 4.25. The van der Waals surface area contributed by atoms with Crippen molar-refractivity contribution in [2.45, 2.75) is 6.42 Å². The molecule has 0 bridgehead atoms. The molecule has 0 saturated heterocycles. The number of hydrogen-bond acceptors (Lipinski definition) is 2. The van der Waals surface area contributed by atoms with Gasteiger partial charge in [0.2, 0.25) is 0 Å². The van der Waals surface area contributed by atoms with E-state index >= 15 is 0 Å². The number of benzene rings is 2. The first-order valence-electron chi connectivity index (χ1n) is 6.01. The van der Waals surface area contributed by atoms with E-state index in [2.05, 4.69) is 0 Å². The first kappa shape index (κ1) is 13.8. The fraction of sp³-hybridized carbons (Fsp3) is 0.133. The van der Waals surface area contributed by atoms with Crippen molar-refractivity contribution in [3.05, 3.63) is 61.4 Å². The first-order chi connectivity index (χ1) is 9.56. The third-order valence-corrected chi connectivity index (χ3v) is 4.28. The molecule has 3 rings (SSSR count). The second kappa shape index (κ2) is 5.33. The lowest BCUT2D eigenvalue weighted by molar-refractivity contribution is 0.103. The van der Waals surface area contributed by atoms with E-state index in [1.807, 2.05) is 28.7 Å². The maximum absolute atomic E-state index is 13.1. The highest BCUT2D eigenvalue weighted by molar-refractivity contribution is 14.1. The number of halogens is 3. The van der Waals surface area contributed by atoms with Crippen LogP contribution in [0.3, 0.4) is 0 Å². The molecule has 0 atom stereocenters. The Morgan fingerprint density at radius 1 is 1.25 bits per heavy atom. The molecule has 2 nitrogen and oxygen atoms in total. The van der Waals surface area contributed by atoms with Crippen molar-refractivity contribution in [3.8, 4) is 5.75 Å². The van der Waals surface area contributed by atoms with Gasteiger partial charge >= 0.3 is 0 Å². The Morgan fingerprint density at radius 2 is 2.05 bits per heavy atom. The smallest absolute Gasteiger partial charge is 0.197 e. The second-order valence-electron chi connectivity index (χ2n) is 4.49.